The molecule has 0 saturated heterocycles. The monoisotopic (exact) mass is 432 g/mol. The van der Waals surface area contributed by atoms with Crippen LogP contribution in [0.4, 0.5) is 0 Å². The van der Waals surface area contributed by atoms with Crippen LogP contribution < -0.4 is 0 Å². The SMILES string of the molecule is CC[C@H](CC[C@@H](C)[C@H]1CC[C@H]2[C@@H]3C[C@H](O)C4C[C@@H](O)CC[C@]4(C)[C@H]3CC[C@]12C)C(C)C. The van der Waals surface area contributed by atoms with Gasteiger partial charge in [-0.3, -0.25) is 0 Å². The largest absolute Gasteiger partial charge is 0.393 e. The highest BCUT2D eigenvalue weighted by Gasteiger charge is 2.62. The Kier molecular flexibility index (Phi) is 6.93. The lowest BCUT2D eigenvalue weighted by atomic mass is 9.43. The van der Waals surface area contributed by atoms with Crippen molar-refractivity contribution < 1.29 is 10.2 Å². The first-order chi connectivity index (χ1) is 14.6. The van der Waals surface area contributed by atoms with E-state index >= 15 is 0 Å². The maximum absolute atomic E-state index is 11.2. The van der Waals surface area contributed by atoms with E-state index in [-0.39, 0.29) is 17.6 Å². The quantitative estimate of drug-likeness (QED) is 0.471. The van der Waals surface area contributed by atoms with Crippen molar-refractivity contribution in [3.8, 4) is 0 Å². The molecule has 2 heteroatoms. The van der Waals surface area contributed by atoms with Gasteiger partial charge in [0.05, 0.1) is 12.2 Å². The van der Waals surface area contributed by atoms with Crippen molar-refractivity contribution in [2.45, 2.75) is 124 Å². The predicted octanol–water partition coefficient (Wildman–Crippen LogP) is 7.08. The molecule has 31 heavy (non-hydrogen) atoms. The van der Waals surface area contributed by atoms with Crippen LogP contribution in [-0.2, 0) is 0 Å². The first kappa shape index (κ1) is 24.1. The molecule has 0 aromatic carbocycles. The Morgan fingerprint density at radius 3 is 2.16 bits per heavy atom. The molecule has 0 bridgehead atoms. The Morgan fingerprint density at radius 1 is 0.806 bits per heavy atom. The number of fused-ring (bicyclic) bond motifs is 5. The summed E-state index contributed by atoms with van der Waals surface area (Å²) in [4.78, 5) is 0. The molecule has 0 amide bonds. The molecule has 0 radical (unpaired) electrons. The fraction of sp³-hybridized carbons (Fsp3) is 1.00. The Bertz CT molecular complexity index is 616. The predicted molar refractivity (Wildman–Crippen MR) is 130 cm³/mol. The van der Waals surface area contributed by atoms with Gasteiger partial charge in [0.15, 0.2) is 0 Å². The van der Waals surface area contributed by atoms with E-state index in [2.05, 4.69) is 41.5 Å². The second-order valence-electron chi connectivity index (χ2n) is 13.4. The molecular weight excluding hydrogens is 380 g/mol. The van der Waals surface area contributed by atoms with Gasteiger partial charge in [0, 0.05) is 0 Å². The highest BCUT2D eigenvalue weighted by Crippen LogP contribution is 2.68. The maximum atomic E-state index is 11.2. The summed E-state index contributed by atoms with van der Waals surface area (Å²) in [6.07, 6.45) is 13.2. The second-order valence-corrected chi connectivity index (χ2v) is 13.4. The zero-order valence-electron chi connectivity index (χ0n) is 21.4. The van der Waals surface area contributed by atoms with Gasteiger partial charge in [-0.1, -0.05) is 54.4 Å². The molecular formula is C29H52O2. The number of hydrogen-bond donors (Lipinski definition) is 2. The normalized spacial score (nSPS) is 49.3. The van der Waals surface area contributed by atoms with Crippen LogP contribution in [0.5, 0.6) is 0 Å². The standard InChI is InChI=1S/C29H52O2/c1-7-20(18(2)3)9-8-19(4)23-10-11-24-22-17-27(31)26-16-21(30)12-14-29(26,6)25(22)13-15-28(23,24)5/h18-27,30-31H,7-17H2,1-6H3/t19-,20-,21+,22+,23-,24+,25+,26?,27+,28-,29-/m1/s1. The highest BCUT2D eigenvalue weighted by atomic mass is 16.3. The van der Waals surface area contributed by atoms with E-state index < -0.39 is 0 Å². The van der Waals surface area contributed by atoms with E-state index in [0.717, 1.165) is 61.2 Å². The Balaban J connectivity index is 1.48. The van der Waals surface area contributed by atoms with Gasteiger partial charge in [0.1, 0.15) is 0 Å². The Labute approximate surface area is 193 Å². The number of aliphatic hydroxyl groups excluding tert-OH is 2. The molecule has 0 aromatic heterocycles. The van der Waals surface area contributed by atoms with E-state index in [1.807, 2.05) is 0 Å². The molecule has 4 rings (SSSR count). The Morgan fingerprint density at radius 2 is 1.48 bits per heavy atom. The van der Waals surface area contributed by atoms with Crippen molar-refractivity contribution in [2.24, 2.45) is 58.2 Å². The lowest BCUT2D eigenvalue weighted by Gasteiger charge is -2.62. The zero-order chi connectivity index (χ0) is 22.6. The van der Waals surface area contributed by atoms with Crippen LogP contribution in [0, 0.1) is 58.2 Å². The molecule has 0 heterocycles. The second kappa shape index (κ2) is 8.94. The molecule has 0 aromatic rings. The summed E-state index contributed by atoms with van der Waals surface area (Å²) in [7, 11) is 0. The lowest BCUT2D eigenvalue weighted by molar-refractivity contribution is -0.172. The lowest BCUT2D eigenvalue weighted by Crippen LogP contribution is -2.58. The van der Waals surface area contributed by atoms with Gasteiger partial charge in [0.2, 0.25) is 0 Å². The summed E-state index contributed by atoms with van der Waals surface area (Å²) < 4.78 is 0. The average Bonchev–Trinajstić information content (AvgIpc) is 3.07. The van der Waals surface area contributed by atoms with Crippen LogP contribution in [0.2, 0.25) is 0 Å². The van der Waals surface area contributed by atoms with Crippen molar-refractivity contribution in [3.05, 3.63) is 0 Å². The van der Waals surface area contributed by atoms with Gasteiger partial charge < -0.3 is 10.2 Å². The highest BCUT2D eigenvalue weighted by molar-refractivity contribution is 5.11. The Hall–Kier alpha value is -0.0800. The van der Waals surface area contributed by atoms with Gasteiger partial charge in [-0.2, -0.15) is 0 Å². The van der Waals surface area contributed by atoms with Crippen LogP contribution in [0.15, 0.2) is 0 Å². The summed E-state index contributed by atoms with van der Waals surface area (Å²) in [5.74, 6) is 6.01. The van der Waals surface area contributed by atoms with Gasteiger partial charge in [-0.05, 0) is 116 Å². The number of hydrogen-bond acceptors (Lipinski definition) is 2. The van der Waals surface area contributed by atoms with Crippen LogP contribution >= 0.6 is 0 Å². The van der Waals surface area contributed by atoms with Crippen molar-refractivity contribution in [1.82, 2.24) is 0 Å². The van der Waals surface area contributed by atoms with Gasteiger partial charge in [0.25, 0.3) is 0 Å². The van der Waals surface area contributed by atoms with Gasteiger partial charge in [-0.25, -0.2) is 0 Å². The van der Waals surface area contributed by atoms with Crippen molar-refractivity contribution in [1.29, 1.82) is 0 Å². The third-order valence-electron chi connectivity index (χ3n) is 11.9. The van der Waals surface area contributed by atoms with Crippen LogP contribution in [0.25, 0.3) is 0 Å². The average molecular weight is 433 g/mol. The third kappa shape index (κ3) is 4.05. The number of rotatable bonds is 6. The fourth-order valence-electron chi connectivity index (χ4n) is 9.94. The molecule has 2 N–H and O–H groups in total. The zero-order valence-corrected chi connectivity index (χ0v) is 21.4. The molecule has 11 atom stereocenters. The maximum Gasteiger partial charge on any atom is 0.0577 e. The minimum Gasteiger partial charge on any atom is -0.393 e. The van der Waals surface area contributed by atoms with Crippen LogP contribution in [0.3, 0.4) is 0 Å². The third-order valence-corrected chi connectivity index (χ3v) is 11.9. The minimum atomic E-state index is -0.198. The minimum absolute atomic E-state index is 0.187. The van der Waals surface area contributed by atoms with E-state index in [4.69, 9.17) is 0 Å². The molecule has 4 fully saturated rings. The first-order valence-electron chi connectivity index (χ1n) is 14.0. The molecule has 0 aliphatic heterocycles. The van der Waals surface area contributed by atoms with Crippen molar-refractivity contribution >= 4 is 0 Å². The van der Waals surface area contributed by atoms with Crippen molar-refractivity contribution in [2.75, 3.05) is 0 Å². The number of aliphatic hydroxyl groups is 2. The molecule has 180 valence electrons. The molecule has 4 aliphatic carbocycles. The molecule has 0 spiro atoms. The molecule has 2 nitrogen and oxygen atoms in total. The van der Waals surface area contributed by atoms with Crippen LogP contribution in [-0.4, -0.2) is 22.4 Å². The van der Waals surface area contributed by atoms with Gasteiger partial charge >= 0.3 is 0 Å². The molecule has 4 saturated carbocycles. The summed E-state index contributed by atoms with van der Waals surface area (Å²) in [6.45, 7) is 14.9. The summed E-state index contributed by atoms with van der Waals surface area (Å²) >= 11 is 0. The van der Waals surface area contributed by atoms with Gasteiger partial charge in [-0.15, -0.1) is 0 Å². The van der Waals surface area contributed by atoms with E-state index in [0.29, 0.717) is 17.3 Å². The fourth-order valence-corrected chi connectivity index (χ4v) is 9.94. The summed E-state index contributed by atoms with van der Waals surface area (Å²) in [5.41, 5.74) is 0.732. The summed E-state index contributed by atoms with van der Waals surface area (Å²) in [6, 6.07) is 0. The summed E-state index contributed by atoms with van der Waals surface area (Å²) in [5, 5.41) is 21.5. The van der Waals surface area contributed by atoms with Crippen molar-refractivity contribution in [3.63, 3.8) is 0 Å². The first-order valence-corrected chi connectivity index (χ1v) is 14.0. The topological polar surface area (TPSA) is 40.5 Å². The van der Waals surface area contributed by atoms with Crippen LogP contribution in [0.1, 0.15) is 112 Å². The molecule has 1 unspecified atom stereocenters. The molecule has 4 aliphatic rings. The van der Waals surface area contributed by atoms with E-state index in [9.17, 15) is 10.2 Å². The smallest absolute Gasteiger partial charge is 0.0577 e. The van der Waals surface area contributed by atoms with E-state index in [1.165, 1.54) is 44.9 Å². The van der Waals surface area contributed by atoms with E-state index in [1.54, 1.807) is 0 Å².